The lowest BCUT2D eigenvalue weighted by atomic mass is 10.1. The van der Waals surface area contributed by atoms with E-state index < -0.39 is 0 Å². The van der Waals surface area contributed by atoms with Crippen molar-refractivity contribution in [2.75, 3.05) is 24.3 Å². The highest BCUT2D eigenvalue weighted by atomic mass is 32.1. The van der Waals surface area contributed by atoms with Crippen molar-refractivity contribution in [3.8, 4) is 10.6 Å². The summed E-state index contributed by atoms with van der Waals surface area (Å²) in [5, 5.41) is 5.84. The molecule has 0 atom stereocenters. The molecule has 0 aliphatic carbocycles. The fourth-order valence-electron chi connectivity index (χ4n) is 2.71. The van der Waals surface area contributed by atoms with Gasteiger partial charge >= 0.3 is 0 Å². The fraction of sp³-hybridized carbons (Fsp3) is 0.200. The summed E-state index contributed by atoms with van der Waals surface area (Å²) >= 11 is 1.56. The summed E-state index contributed by atoms with van der Waals surface area (Å²) in [5.74, 6) is -0.0538. The number of anilines is 2. The number of benzene rings is 2. The molecule has 0 radical (unpaired) electrons. The maximum Gasteiger partial charge on any atom is 0.230 e. The summed E-state index contributed by atoms with van der Waals surface area (Å²) in [7, 11) is 4.01. The van der Waals surface area contributed by atoms with Crippen molar-refractivity contribution in [1.82, 2.24) is 4.98 Å². The van der Waals surface area contributed by atoms with Crippen LogP contribution in [0.3, 0.4) is 0 Å². The number of rotatable bonds is 5. The molecule has 0 fully saturated rings. The second kappa shape index (κ2) is 7.49. The van der Waals surface area contributed by atoms with E-state index in [1.54, 1.807) is 11.3 Å². The highest BCUT2D eigenvalue weighted by molar-refractivity contribution is 7.13. The van der Waals surface area contributed by atoms with Crippen molar-refractivity contribution < 1.29 is 4.79 Å². The zero-order valence-electron chi connectivity index (χ0n) is 14.6. The molecule has 4 nitrogen and oxygen atoms in total. The molecule has 1 N–H and O–H groups in total. The summed E-state index contributed by atoms with van der Waals surface area (Å²) in [5.41, 5.74) is 4.96. The van der Waals surface area contributed by atoms with Crippen molar-refractivity contribution in [3.63, 3.8) is 0 Å². The summed E-state index contributed by atoms with van der Waals surface area (Å²) < 4.78 is 0. The van der Waals surface area contributed by atoms with Crippen LogP contribution in [-0.2, 0) is 11.2 Å². The van der Waals surface area contributed by atoms with Crippen LogP contribution >= 0.6 is 11.3 Å². The Morgan fingerprint density at radius 2 is 1.92 bits per heavy atom. The highest BCUT2D eigenvalue weighted by Crippen LogP contribution is 2.24. The van der Waals surface area contributed by atoms with E-state index in [1.165, 1.54) is 0 Å². The van der Waals surface area contributed by atoms with Crippen molar-refractivity contribution in [3.05, 3.63) is 65.2 Å². The summed E-state index contributed by atoms with van der Waals surface area (Å²) in [4.78, 5) is 18.9. The van der Waals surface area contributed by atoms with E-state index >= 15 is 0 Å². The Kier molecular flexibility index (Phi) is 5.14. The van der Waals surface area contributed by atoms with Gasteiger partial charge in [0, 0.05) is 36.4 Å². The molecule has 0 unspecified atom stereocenters. The van der Waals surface area contributed by atoms with Crippen LogP contribution < -0.4 is 10.2 Å². The van der Waals surface area contributed by atoms with Crippen LogP contribution in [0.2, 0.25) is 0 Å². The maximum atomic E-state index is 12.3. The van der Waals surface area contributed by atoms with Gasteiger partial charge in [-0.1, -0.05) is 30.3 Å². The van der Waals surface area contributed by atoms with E-state index in [2.05, 4.69) is 15.2 Å². The number of aromatic nitrogens is 1. The molecule has 5 heteroatoms. The van der Waals surface area contributed by atoms with Crippen LogP contribution in [0.25, 0.3) is 10.6 Å². The van der Waals surface area contributed by atoms with Gasteiger partial charge in [0.25, 0.3) is 0 Å². The smallest absolute Gasteiger partial charge is 0.230 e. The van der Waals surface area contributed by atoms with Gasteiger partial charge in [-0.15, -0.1) is 11.3 Å². The number of nitrogens with zero attached hydrogens (tertiary/aromatic N) is 2. The number of nitrogens with one attached hydrogen (secondary N) is 1. The third kappa shape index (κ3) is 4.25. The lowest BCUT2D eigenvalue weighted by Gasteiger charge is -2.16. The first-order valence-corrected chi connectivity index (χ1v) is 8.98. The van der Waals surface area contributed by atoms with Crippen LogP contribution in [0, 0.1) is 6.92 Å². The molecule has 1 amide bonds. The van der Waals surface area contributed by atoms with Gasteiger partial charge in [0.1, 0.15) is 5.01 Å². The Balaban J connectivity index is 1.65. The molecular weight excluding hydrogens is 330 g/mol. The lowest BCUT2D eigenvalue weighted by molar-refractivity contribution is -0.115. The number of carbonyl (C=O) groups is 1. The van der Waals surface area contributed by atoms with Crippen LogP contribution in [0.4, 0.5) is 11.4 Å². The monoisotopic (exact) mass is 351 g/mol. The molecule has 25 heavy (non-hydrogen) atoms. The third-order valence-corrected chi connectivity index (χ3v) is 4.82. The van der Waals surface area contributed by atoms with E-state index in [0.717, 1.165) is 33.2 Å². The lowest BCUT2D eigenvalue weighted by Crippen LogP contribution is -2.15. The quantitative estimate of drug-likeness (QED) is 0.742. The first-order chi connectivity index (χ1) is 12.0. The Labute approximate surface area is 152 Å². The van der Waals surface area contributed by atoms with Crippen LogP contribution in [-0.4, -0.2) is 25.0 Å². The molecule has 1 aromatic heterocycles. The van der Waals surface area contributed by atoms with E-state index in [-0.39, 0.29) is 12.3 Å². The third-order valence-electron chi connectivity index (χ3n) is 3.88. The topological polar surface area (TPSA) is 45.2 Å². The summed E-state index contributed by atoms with van der Waals surface area (Å²) in [6, 6.07) is 15.9. The SMILES string of the molecule is Cc1cc(NC(=O)Cc2csc(-c3ccccc3)n2)ccc1N(C)C. The second-order valence-corrected chi connectivity index (χ2v) is 6.99. The number of amides is 1. The Morgan fingerprint density at radius 1 is 1.16 bits per heavy atom. The van der Waals surface area contributed by atoms with E-state index in [1.807, 2.05) is 74.9 Å². The first-order valence-electron chi connectivity index (χ1n) is 8.10. The molecule has 0 aliphatic heterocycles. The van der Waals surface area contributed by atoms with E-state index in [0.29, 0.717) is 0 Å². The molecular formula is C20H21N3OS. The van der Waals surface area contributed by atoms with Gasteiger partial charge in [-0.25, -0.2) is 4.98 Å². The predicted molar refractivity (Wildman–Crippen MR) is 105 cm³/mol. The number of carbonyl (C=O) groups excluding carboxylic acids is 1. The zero-order chi connectivity index (χ0) is 17.8. The van der Waals surface area contributed by atoms with Gasteiger partial charge in [-0.05, 0) is 30.7 Å². The van der Waals surface area contributed by atoms with Crippen molar-refractivity contribution in [2.24, 2.45) is 0 Å². The molecule has 0 saturated heterocycles. The first kappa shape index (κ1) is 17.2. The van der Waals surface area contributed by atoms with Crippen LogP contribution in [0.15, 0.2) is 53.9 Å². The highest BCUT2D eigenvalue weighted by Gasteiger charge is 2.10. The van der Waals surface area contributed by atoms with Crippen molar-refractivity contribution in [1.29, 1.82) is 0 Å². The van der Waals surface area contributed by atoms with E-state index in [4.69, 9.17) is 0 Å². The standard InChI is InChI=1S/C20H21N3OS/c1-14-11-16(9-10-18(14)23(2)3)21-19(24)12-17-13-25-20(22-17)15-7-5-4-6-8-15/h4-11,13H,12H2,1-3H3,(H,21,24). The summed E-state index contributed by atoms with van der Waals surface area (Å²) in [6.45, 7) is 2.04. The minimum atomic E-state index is -0.0538. The van der Waals surface area contributed by atoms with Gasteiger partial charge in [0.2, 0.25) is 5.91 Å². The minimum Gasteiger partial charge on any atom is -0.377 e. The van der Waals surface area contributed by atoms with Gasteiger partial charge in [0.15, 0.2) is 0 Å². The van der Waals surface area contributed by atoms with Gasteiger partial charge in [-0.3, -0.25) is 4.79 Å². The molecule has 0 spiro atoms. The zero-order valence-corrected chi connectivity index (χ0v) is 15.4. The second-order valence-electron chi connectivity index (χ2n) is 6.13. The molecule has 1 heterocycles. The van der Waals surface area contributed by atoms with Crippen molar-refractivity contribution in [2.45, 2.75) is 13.3 Å². The minimum absolute atomic E-state index is 0.0538. The molecule has 0 bridgehead atoms. The molecule has 128 valence electrons. The number of hydrogen-bond acceptors (Lipinski definition) is 4. The Morgan fingerprint density at radius 3 is 2.60 bits per heavy atom. The number of hydrogen-bond donors (Lipinski definition) is 1. The molecule has 0 aliphatic rings. The predicted octanol–water partition coefficient (Wildman–Crippen LogP) is 4.37. The largest absolute Gasteiger partial charge is 0.377 e. The number of aryl methyl sites for hydroxylation is 1. The summed E-state index contributed by atoms with van der Waals surface area (Å²) in [6.07, 6.45) is 0.276. The van der Waals surface area contributed by atoms with Crippen LogP contribution in [0.1, 0.15) is 11.3 Å². The Bertz CT molecular complexity index is 872. The normalized spacial score (nSPS) is 10.5. The molecule has 2 aromatic carbocycles. The fourth-order valence-corrected chi connectivity index (χ4v) is 3.53. The van der Waals surface area contributed by atoms with Gasteiger partial charge in [0.05, 0.1) is 12.1 Å². The van der Waals surface area contributed by atoms with Crippen LogP contribution in [0.5, 0.6) is 0 Å². The number of thiazole rings is 1. The molecule has 3 rings (SSSR count). The Hall–Kier alpha value is -2.66. The molecule has 3 aromatic rings. The average Bonchev–Trinajstić information content (AvgIpc) is 3.03. The van der Waals surface area contributed by atoms with Gasteiger partial charge < -0.3 is 10.2 Å². The van der Waals surface area contributed by atoms with Gasteiger partial charge in [-0.2, -0.15) is 0 Å². The van der Waals surface area contributed by atoms with E-state index in [9.17, 15) is 4.79 Å². The maximum absolute atomic E-state index is 12.3. The molecule has 0 saturated carbocycles. The average molecular weight is 351 g/mol. The van der Waals surface area contributed by atoms with Crippen molar-refractivity contribution >= 4 is 28.6 Å².